The van der Waals surface area contributed by atoms with Crippen molar-refractivity contribution >= 4 is 50.3 Å². The summed E-state index contributed by atoms with van der Waals surface area (Å²) in [6.07, 6.45) is 2.98. The Kier molecular flexibility index (Phi) is 7.39. The van der Waals surface area contributed by atoms with Crippen molar-refractivity contribution in [1.29, 1.82) is 0 Å². The highest BCUT2D eigenvalue weighted by Gasteiger charge is 2.27. The third-order valence-corrected chi connectivity index (χ3v) is 6.78. The van der Waals surface area contributed by atoms with Crippen LogP contribution in [0.25, 0.3) is 10.3 Å². The Morgan fingerprint density at radius 1 is 1.23 bits per heavy atom. The number of carbonyl (C=O) groups excluding carboxylic acids is 3. The predicted molar refractivity (Wildman–Crippen MR) is 132 cm³/mol. The highest BCUT2D eigenvalue weighted by molar-refractivity contribution is 7.22. The van der Waals surface area contributed by atoms with Crippen LogP contribution in [-0.2, 0) is 20.9 Å². The highest BCUT2D eigenvalue weighted by Crippen LogP contribution is 2.29. The van der Waals surface area contributed by atoms with E-state index in [1.54, 1.807) is 12.1 Å². The molecule has 3 heterocycles. The van der Waals surface area contributed by atoms with E-state index < -0.39 is 11.9 Å². The number of nitrogens with zero attached hydrogens (tertiary/aromatic N) is 4. The van der Waals surface area contributed by atoms with Gasteiger partial charge in [0.2, 0.25) is 11.8 Å². The topological polar surface area (TPSA) is 136 Å². The normalized spacial score (nSPS) is 15.6. The van der Waals surface area contributed by atoms with Gasteiger partial charge in [-0.25, -0.2) is 9.78 Å². The highest BCUT2D eigenvalue weighted by atomic mass is 32.1. The molecule has 0 radical (unpaired) electrons. The first-order chi connectivity index (χ1) is 16.9. The van der Waals surface area contributed by atoms with Gasteiger partial charge in [0.05, 0.1) is 18.6 Å². The second-order valence-corrected chi connectivity index (χ2v) is 9.10. The molecule has 2 N–H and O–H groups in total. The number of methoxy groups -OCH3 is 1. The molecule has 1 saturated heterocycles. The Morgan fingerprint density at radius 2 is 2.00 bits per heavy atom. The zero-order chi connectivity index (χ0) is 24.9. The number of hydrogen-bond acceptors (Lipinski definition) is 9. The fraction of sp³-hybridized carbons (Fsp3) is 0.391. The minimum atomic E-state index is -0.470. The predicted octanol–water partition coefficient (Wildman–Crippen LogP) is 1.63. The third-order valence-electron chi connectivity index (χ3n) is 5.69. The van der Waals surface area contributed by atoms with Crippen LogP contribution in [0.5, 0.6) is 0 Å². The third kappa shape index (κ3) is 5.48. The Balaban J connectivity index is 1.46. The molecule has 0 bridgehead atoms. The van der Waals surface area contributed by atoms with Gasteiger partial charge in [-0.2, -0.15) is 4.98 Å². The van der Waals surface area contributed by atoms with Crippen molar-refractivity contribution in [2.75, 3.05) is 37.0 Å². The molecule has 0 unspecified atom stereocenters. The van der Waals surface area contributed by atoms with Gasteiger partial charge in [0.15, 0.2) is 10.8 Å². The monoisotopic (exact) mass is 498 g/mol. The number of fused-ring (bicyclic) bond motifs is 1. The van der Waals surface area contributed by atoms with Crippen LogP contribution in [0.4, 0.5) is 10.8 Å². The molecule has 1 atom stereocenters. The average Bonchev–Trinajstić information content (AvgIpc) is 3.31. The molecule has 2 aromatic heterocycles. The minimum absolute atomic E-state index is 0.0322. The van der Waals surface area contributed by atoms with Gasteiger partial charge < -0.3 is 20.3 Å². The summed E-state index contributed by atoms with van der Waals surface area (Å²) >= 11 is 1.22. The van der Waals surface area contributed by atoms with Crippen LogP contribution in [0, 0.1) is 5.92 Å². The first-order valence-corrected chi connectivity index (χ1v) is 12.1. The maximum absolute atomic E-state index is 13.0. The Hall–Kier alpha value is -3.80. The largest absolute Gasteiger partial charge is 0.465 e. The van der Waals surface area contributed by atoms with Gasteiger partial charge in [-0.1, -0.05) is 11.3 Å². The van der Waals surface area contributed by atoms with Gasteiger partial charge in [0.25, 0.3) is 5.56 Å². The molecule has 1 aliphatic rings. The first kappa shape index (κ1) is 24.3. The Morgan fingerprint density at radius 3 is 2.71 bits per heavy atom. The number of carbonyl (C=O) groups is 3. The maximum Gasteiger partial charge on any atom is 0.337 e. The number of anilines is 2. The van der Waals surface area contributed by atoms with Gasteiger partial charge in [-0.3, -0.25) is 19.0 Å². The van der Waals surface area contributed by atoms with Crippen molar-refractivity contribution in [3.63, 3.8) is 0 Å². The number of aromatic nitrogens is 3. The summed E-state index contributed by atoms with van der Waals surface area (Å²) in [4.78, 5) is 60.1. The van der Waals surface area contributed by atoms with Crippen molar-refractivity contribution in [3.8, 4) is 0 Å². The molecule has 11 nitrogen and oxygen atoms in total. The van der Waals surface area contributed by atoms with Gasteiger partial charge in [-0.05, 0) is 44.0 Å². The molecule has 12 heteroatoms. The van der Waals surface area contributed by atoms with Crippen molar-refractivity contribution in [2.45, 2.75) is 26.3 Å². The maximum atomic E-state index is 13.0. The standard InChI is InChI=1S/C23H26N6O5S/c1-3-24-20(31)15-5-4-10-28(11-15)23-27-19-18(35-23)21(32)29(13-25-19)12-17(30)26-16-8-6-14(7-9-16)22(33)34-2/h6-9,13,15H,3-5,10-12H2,1-2H3,(H,24,31)(H,26,30)/t15-/m1/s1. The number of amides is 2. The van der Waals surface area contributed by atoms with E-state index in [1.807, 2.05) is 11.8 Å². The van der Waals surface area contributed by atoms with Crippen LogP contribution < -0.4 is 21.1 Å². The SMILES string of the molecule is CCNC(=O)[C@@H]1CCCN(c2nc3ncn(CC(=O)Nc4ccc(C(=O)OC)cc4)c(=O)c3s2)C1. The van der Waals surface area contributed by atoms with E-state index in [0.717, 1.165) is 19.4 Å². The number of benzene rings is 1. The number of esters is 1. The van der Waals surface area contributed by atoms with E-state index in [-0.39, 0.29) is 23.9 Å². The van der Waals surface area contributed by atoms with Crippen molar-refractivity contribution in [2.24, 2.45) is 5.92 Å². The lowest BCUT2D eigenvalue weighted by Crippen LogP contribution is -2.43. The molecular formula is C23H26N6O5S. The van der Waals surface area contributed by atoms with Crippen LogP contribution in [-0.4, -0.2) is 59.1 Å². The fourth-order valence-electron chi connectivity index (χ4n) is 3.93. The van der Waals surface area contributed by atoms with Crippen molar-refractivity contribution in [3.05, 3.63) is 46.5 Å². The van der Waals surface area contributed by atoms with E-state index in [1.165, 1.54) is 41.5 Å². The number of piperidine rings is 1. The first-order valence-electron chi connectivity index (χ1n) is 11.3. The fourth-order valence-corrected chi connectivity index (χ4v) is 4.93. The van der Waals surface area contributed by atoms with E-state index in [2.05, 4.69) is 25.3 Å². The lowest BCUT2D eigenvalue weighted by Gasteiger charge is -2.31. The molecule has 3 aromatic rings. The molecule has 0 spiro atoms. The van der Waals surface area contributed by atoms with Gasteiger partial charge in [0.1, 0.15) is 17.6 Å². The number of rotatable bonds is 7. The van der Waals surface area contributed by atoms with Crippen LogP contribution >= 0.6 is 11.3 Å². The summed E-state index contributed by atoms with van der Waals surface area (Å²) in [6, 6.07) is 6.24. The lowest BCUT2D eigenvalue weighted by molar-refractivity contribution is -0.125. The van der Waals surface area contributed by atoms with Crippen LogP contribution in [0.2, 0.25) is 0 Å². The van der Waals surface area contributed by atoms with Crippen molar-refractivity contribution < 1.29 is 19.1 Å². The van der Waals surface area contributed by atoms with Gasteiger partial charge >= 0.3 is 5.97 Å². The molecule has 0 aliphatic carbocycles. The molecule has 4 rings (SSSR count). The molecule has 1 fully saturated rings. The molecule has 1 aliphatic heterocycles. The summed E-state index contributed by atoms with van der Waals surface area (Å²) in [5, 5.41) is 6.21. The summed E-state index contributed by atoms with van der Waals surface area (Å²) in [5.41, 5.74) is 0.817. The molecule has 35 heavy (non-hydrogen) atoms. The van der Waals surface area contributed by atoms with Crippen LogP contribution in [0.15, 0.2) is 35.4 Å². The molecule has 2 amide bonds. The second-order valence-electron chi connectivity index (χ2n) is 8.12. The lowest BCUT2D eigenvalue weighted by atomic mass is 9.97. The number of ether oxygens (including phenoxy) is 1. The number of hydrogen-bond donors (Lipinski definition) is 2. The second kappa shape index (κ2) is 10.6. The van der Waals surface area contributed by atoms with Crippen molar-refractivity contribution in [1.82, 2.24) is 19.9 Å². The summed E-state index contributed by atoms with van der Waals surface area (Å²) < 4.78 is 6.25. The van der Waals surface area contributed by atoms with Crippen LogP contribution in [0.1, 0.15) is 30.1 Å². The molecule has 184 valence electrons. The van der Waals surface area contributed by atoms with E-state index in [9.17, 15) is 19.2 Å². The Labute approximate surface area is 205 Å². The van der Waals surface area contributed by atoms with Gasteiger partial charge in [-0.15, -0.1) is 0 Å². The Bertz CT molecular complexity index is 1300. The average molecular weight is 499 g/mol. The number of nitrogens with one attached hydrogen (secondary N) is 2. The minimum Gasteiger partial charge on any atom is -0.465 e. The molecular weight excluding hydrogens is 472 g/mol. The van der Waals surface area contributed by atoms with E-state index in [0.29, 0.717) is 39.8 Å². The summed E-state index contributed by atoms with van der Waals surface area (Å²) in [6.45, 7) is 3.55. The van der Waals surface area contributed by atoms with Gasteiger partial charge in [0, 0.05) is 25.3 Å². The summed E-state index contributed by atoms with van der Waals surface area (Å²) in [5.74, 6) is -0.970. The quantitative estimate of drug-likeness (QED) is 0.469. The molecule has 1 aromatic carbocycles. The van der Waals surface area contributed by atoms with E-state index >= 15 is 0 Å². The summed E-state index contributed by atoms with van der Waals surface area (Å²) in [7, 11) is 1.29. The van der Waals surface area contributed by atoms with E-state index in [4.69, 9.17) is 0 Å². The zero-order valence-corrected chi connectivity index (χ0v) is 20.3. The van der Waals surface area contributed by atoms with Crippen LogP contribution in [0.3, 0.4) is 0 Å². The smallest absolute Gasteiger partial charge is 0.337 e. The zero-order valence-electron chi connectivity index (χ0n) is 19.4. The molecule has 0 saturated carbocycles. The number of thiazole rings is 1.